The molecule has 0 aromatic heterocycles. The summed E-state index contributed by atoms with van der Waals surface area (Å²) in [5.41, 5.74) is 0.691. The predicted octanol–water partition coefficient (Wildman–Crippen LogP) is 2.47. The van der Waals surface area contributed by atoms with E-state index in [9.17, 15) is 14.7 Å². The number of hydrogen-bond acceptors (Lipinski definition) is 5. The smallest absolute Gasteiger partial charge is 0.331 e. The molecule has 0 spiro atoms. The SMILES string of the molecule is COc1cc(/C=C/C(=O)O[C@@H]2CCCCC2=O)ccc1O. The summed E-state index contributed by atoms with van der Waals surface area (Å²) in [6, 6.07) is 4.73. The number of ether oxygens (including phenoxy) is 2. The summed E-state index contributed by atoms with van der Waals surface area (Å²) >= 11 is 0. The standard InChI is InChI=1S/C16H18O5/c1-20-15-10-11(6-8-13(15)18)7-9-16(19)21-14-5-3-2-4-12(14)17/h6-10,14,18H,2-5H2,1H3/b9-7+/t14-/m1/s1. The van der Waals surface area contributed by atoms with Gasteiger partial charge >= 0.3 is 5.97 Å². The number of methoxy groups -OCH3 is 1. The van der Waals surface area contributed by atoms with Gasteiger partial charge in [-0.05, 0) is 43.0 Å². The molecule has 1 aromatic carbocycles. The van der Waals surface area contributed by atoms with Gasteiger partial charge in [0.25, 0.3) is 0 Å². The first-order chi connectivity index (χ1) is 10.1. The van der Waals surface area contributed by atoms with Crippen LogP contribution in [0.5, 0.6) is 11.5 Å². The van der Waals surface area contributed by atoms with Crippen LogP contribution in [-0.2, 0) is 14.3 Å². The van der Waals surface area contributed by atoms with Gasteiger partial charge in [-0.25, -0.2) is 4.79 Å². The fourth-order valence-electron chi connectivity index (χ4n) is 2.22. The van der Waals surface area contributed by atoms with Crippen LogP contribution in [0.1, 0.15) is 31.2 Å². The minimum absolute atomic E-state index is 0.00528. The molecule has 0 unspecified atom stereocenters. The summed E-state index contributed by atoms with van der Waals surface area (Å²) in [5, 5.41) is 9.48. The van der Waals surface area contributed by atoms with Crippen LogP contribution >= 0.6 is 0 Å². The molecule has 0 heterocycles. The topological polar surface area (TPSA) is 72.8 Å². The second-order valence-corrected chi connectivity index (χ2v) is 4.90. The first kappa shape index (κ1) is 15.1. The Morgan fingerprint density at radius 1 is 1.38 bits per heavy atom. The molecule has 1 aliphatic carbocycles. The Kier molecular flexibility index (Phi) is 4.98. The number of aromatic hydroxyl groups is 1. The maximum absolute atomic E-state index is 11.7. The van der Waals surface area contributed by atoms with Crippen molar-refractivity contribution in [2.75, 3.05) is 7.11 Å². The highest BCUT2D eigenvalue weighted by atomic mass is 16.5. The van der Waals surface area contributed by atoms with Gasteiger partial charge in [-0.2, -0.15) is 0 Å². The number of ketones is 1. The lowest BCUT2D eigenvalue weighted by molar-refractivity contribution is -0.152. The average molecular weight is 290 g/mol. The molecule has 1 N–H and O–H groups in total. The Bertz CT molecular complexity index is 562. The van der Waals surface area contributed by atoms with Gasteiger partial charge in [0.1, 0.15) is 0 Å². The van der Waals surface area contributed by atoms with Crippen molar-refractivity contribution in [3.8, 4) is 11.5 Å². The quantitative estimate of drug-likeness (QED) is 0.681. The van der Waals surface area contributed by atoms with Crippen molar-refractivity contribution >= 4 is 17.8 Å². The zero-order valence-corrected chi connectivity index (χ0v) is 11.9. The van der Waals surface area contributed by atoms with Crippen LogP contribution in [0.3, 0.4) is 0 Å². The second-order valence-electron chi connectivity index (χ2n) is 4.90. The maximum Gasteiger partial charge on any atom is 0.331 e. The number of Topliss-reactive ketones (excluding diaryl/α,β-unsaturated/α-hetero) is 1. The summed E-state index contributed by atoms with van der Waals surface area (Å²) in [4.78, 5) is 23.3. The van der Waals surface area contributed by atoms with E-state index in [2.05, 4.69) is 0 Å². The van der Waals surface area contributed by atoms with Crippen LogP contribution in [0, 0.1) is 0 Å². The molecule has 0 aliphatic heterocycles. The van der Waals surface area contributed by atoms with Crippen LogP contribution in [0.15, 0.2) is 24.3 Å². The molecule has 1 aliphatic rings. The van der Waals surface area contributed by atoms with Crippen LogP contribution in [0.25, 0.3) is 6.08 Å². The van der Waals surface area contributed by atoms with Crippen molar-refractivity contribution in [3.63, 3.8) is 0 Å². The third-order valence-electron chi connectivity index (χ3n) is 3.37. The molecule has 112 valence electrons. The highest BCUT2D eigenvalue weighted by Crippen LogP contribution is 2.26. The van der Waals surface area contributed by atoms with Crippen molar-refractivity contribution in [1.29, 1.82) is 0 Å². The Morgan fingerprint density at radius 2 is 2.19 bits per heavy atom. The Balaban J connectivity index is 1.97. The van der Waals surface area contributed by atoms with Gasteiger partial charge in [-0.1, -0.05) is 6.07 Å². The van der Waals surface area contributed by atoms with Gasteiger partial charge in [0, 0.05) is 12.5 Å². The number of esters is 1. The zero-order chi connectivity index (χ0) is 15.2. The van der Waals surface area contributed by atoms with Crippen molar-refractivity contribution in [2.24, 2.45) is 0 Å². The van der Waals surface area contributed by atoms with E-state index < -0.39 is 12.1 Å². The lowest BCUT2D eigenvalue weighted by Gasteiger charge is -2.19. The lowest BCUT2D eigenvalue weighted by Crippen LogP contribution is -2.29. The molecule has 5 nitrogen and oxygen atoms in total. The molecule has 1 saturated carbocycles. The molecule has 0 bridgehead atoms. The van der Waals surface area contributed by atoms with E-state index in [-0.39, 0.29) is 11.5 Å². The Morgan fingerprint density at radius 3 is 2.90 bits per heavy atom. The monoisotopic (exact) mass is 290 g/mol. The van der Waals surface area contributed by atoms with E-state index in [1.54, 1.807) is 18.2 Å². The van der Waals surface area contributed by atoms with Gasteiger partial charge in [0.05, 0.1) is 7.11 Å². The molecule has 21 heavy (non-hydrogen) atoms. The fourth-order valence-corrected chi connectivity index (χ4v) is 2.22. The second kappa shape index (κ2) is 6.92. The first-order valence-electron chi connectivity index (χ1n) is 6.88. The molecule has 1 fully saturated rings. The zero-order valence-electron chi connectivity index (χ0n) is 11.9. The van der Waals surface area contributed by atoms with E-state index in [0.717, 1.165) is 12.8 Å². The van der Waals surface area contributed by atoms with Crippen molar-refractivity contribution in [2.45, 2.75) is 31.8 Å². The molecule has 0 radical (unpaired) electrons. The van der Waals surface area contributed by atoms with E-state index in [1.165, 1.54) is 19.3 Å². The molecule has 1 atom stereocenters. The number of phenols is 1. The minimum Gasteiger partial charge on any atom is -0.504 e. The molecular weight excluding hydrogens is 272 g/mol. The molecule has 2 rings (SSSR count). The number of benzene rings is 1. The normalized spacial score (nSPS) is 18.7. The third-order valence-corrected chi connectivity index (χ3v) is 3.37. The molecular formula is C16H18O5. The Labute approximate surface area is 123 Å². The van der Waals surface area contributed by atoms with E-state index in [0.29, 0.717) is 24.2 Å². The van der Waals surface area contributed by atoms with Gasteiger partial charge in [-0.3, -0.25) is 4.79 Å². The third kappa shape index (κ3) is 4.08. The largest absolute Gasteiger partial charge is 0.504 e. The van der Waals surface area contributed by atoms with Crippen LogP contribution in [0.4, 0.5) is 0 Å². The van der Waals surface area contributed by atoms with E-state index >= 15 is 0 Å². The van der Waals surface area contributed by atoms with E-state index in [1.807, 2.05) is 0 Å². The summed E-state index contributed by atoms with van der Waals surface area (Å²) in [7, 11) is 1.45. The number of rotatable bonds is 4. The number of phenolic OH excluding ortho intramolecular Hbond substituents is 1. The maximum atomic E-state index is 11.7. The molecule has 0 amide bonds. The highest BCUT2D eigenvalue weighted by Gasteiger charge is 2.24. The lowest BCUT2D eigenvalue weighted by atomic mass is 9.96. The van der Waals surface area contributed by atoms with Crippen molar-refractivity contribution in [3.05, 3.63) is 29.8 Å². The minimum atomic E-state index is -0.606. The van der Waals surface area contributed by atoms with Gasteiger partial charge < -0.3 is 14.6 Å². The van der Waals surface area contributed by atoms with Gasteiger partial charge in [-0.15, -0.1) is 0 Å². The first-order valence-corrected chi connectivity index (χ1v) is 6.88. The van der Waals surface area contributed by atoms with Crippen LogP contribution in [0.2, 0.25) is 0 Å². The Hall–Kier alpha value is -2.30. The van der Waals surface area contributed by atoms with Gasteiger partial charge in [0.2, 0.25) is 0 Å². The summed E-state index contributed by atoms with van der Waals surface area (Å²) in [6.07, 6.45) is 5.08. The molecule has 1 aromatic rings. The van der Waals surface area contributed by atoms with Crippen LogP contribution < -0.4 is 4.74 Å². The summed E-state index contributed by atoms with van der Waals surface area (Å²) < 4.78 is 10.1. The number of carbonyl (C=O) groups excluding carboxylic acids is 2. The number of carbonyl (C=O) groups is 2. The average Bonchev–Trinajstić information content (AvgIpc) is 2.49. The predicted molar refractivity (Wildman–Crippen MR) is 77.0 cm³/mol. The van der Waals surface area contributed by atoms with E-state index in [4.69, 9.17) is 9.47 Å². The van der Waals surface area contributed by atoms with Crippen LogP contribution in [-0.4, -0.2) is 30.1 Å². The fraction of sp³-hybridized carbons (Fsp3) is 0.375. The molecule has 5 heteroatoms. The van der Waals surface area contributed by atoms with Crippen molar-refractivity contribution < 1.29 is 24.2 Å². The highest BCUT2D eigenvalue weighted by molar-refractivity contribution is 5.91. The summed E-state index contributed by atoms with van der Waals surface area (Å²) in [5.74, 6) is -0.186. The molecule has 0 saturated heterocycles. The summed E-state index contributed by atoms with van der Waals surface area (Å²) in [6.45, 7) is 0. The number of hydrogen-bond donors (Lipinski definition) is 1. The van der Waals surface area contributed by atoms with Crippen molar-refractivity contribution in [1.82, 2.24) is 0 Å². The van der Waals surface area contributed by atoms with Gasteiger partial charge in [0.15, 0.2) is 23.4 Å².